The molecule has 1 aromatic rings. The summed E-state index contributed by atoms with van der Waals surface area (Å²) in [5.41, 5.74) is -0.199. The second-order valence-corrected chi connectivity index (χ2v) is 7.77. The lowest BCUT2D eigenvalue weighted by atomic mass is 9.98. The number of benzene rings is 1. The number of hydrogen-bond acceptors (Lipinski definition) is 5. The lowest BCUT2D eigenvalue weighted by molar-refractivity contribution is -0.146. The molecule has 1 aromatic carbocycles. The highest BCUT2D eigenvalue weighted by Gasteiger charge is 2.39. The third-order valence-corrected chi connectivity index (χ3v) is 6.15. The molecule has 124 valence electrons. The van der Waals surface area contributed by atoms with E-state index in [0.29, 0.717) is 0 Å². The molecule has 3 rings (SSSR count). The van der Waals surface area contributed by atoms with E-state index in [-0.39, 0.29) is 28.0 Å². The number of hydrogen-bond donors (Lipinski definition) is 1. The van der Waals surface area contributed by atoms with Gasteiger partial charge in [0.1, 0.15) is 6.10 Å². The van der Waals surface area contributed by atoms with Crippen molar-refractivity contribution in [1.29, 1.82) is 0 Å². The summed E-state index contributed by atoms with van der Waals surface area (Å²) < 4.78 is 31.3. The van der Waals surface area contributed by atoms with E-state index in [1.807, 2.05) is 0 Å². The van der Waals surface area contributed by atoms with Gasteiger partial charge in [-0.1, -0.05) is 18.6 Å². The van der Waals surface area contributed by atoms with Crippen LogP contribution in [0.5, 0.6) is 0 Å². The number of sulfonamides is 1. The Kier molecular flexibility index (Phi) is 4.06. The van der Waals surface area contributed by atoms with Gasteiger partial charge < -0.3 is 9.84 Å². The molecule has 0 aromatic heterocycles. The number of esters is 1. The zero-order valence-corrected chi connectivity index (χ0v) is 13.7. The number of nitrogens with zero attached hydrogens (tertiary/aromatic N) is 1. The minimum atomic E-state index is -3.87. The summed E-state index contributed by atoms with van der Waals surface area (Å²) in [4.78, 5) is 12.4. The van der Waals surface area contributed by atoms with E-state index in [1.54, 1.807) is 12.1 Å². The van der Waals surface area contributed by atoms with Gasteiger partial charge >= 0.3 is 5.97 Å². The fourth-order valence-electron chi connectivity index (χ4n) is 3.05. The molecule has 0 radical (unpaired) electrons. The number of aliphatic hydroxyl groups is 1. The van der Waals surface area contributed by atoms with Crippen molar-refractivity contribution in [3.8, 4) is 0 Å². The van der Waals surface area contributed by atoms with Crippen LogP contribution in [0.3, 0.4) is 0 Å². The molecule has 0 atom stereocenters. The molecule has 2 aliphatic rings. The summed E-state index contributed by atoms with van der Waals surface area (Å²) in [5.74, 6) is -1.16. The lowest BCUT2D eigenvalue weighted by Gasteiger charge is -2.29. The first-order chi connectivity index (χ1) is 10.9. The van der Waals surface area contributed by atoms with Gasteiger partial charge in [0.2, 0.25) is 0 Å². The maximum Gasteiger partial charge on any atom is 0.359 e. The molecule has 0 spiro atoms. The maximum atomic E-state index is 12.5. The van der Waals surface area contributed by atoms with E-state index in [4.69, 9.17) is 4.74 Å². The summed E-state index contributed by atoms with van der Waals surface area (Å²) >= 11 is 0. The molecule has 1 N–H and O–H groups in total. The topological polar surface area (TPSA) is 83.9 Å². The van der Waals surface area contributed by atoms with Crippen LogP contribution in [0.2, 0.25) is 0 Å². The second-order valence-electron chi connectivity index (χ2n) is 5.83. The van der Waals surface area contributed by atoms with Crippen molar-refractivity contribution in [3.05, 3.63) is 35.5 Å². The quantitative estimate of drug-likeness (QED) is 0.838. The van der Waals surface area contributed by atoms with Crippen LogP contribution < -0.4 is 0 Å². The molecule has 0 bridgehead atoms. The fourth-order valence-corrected chi connectivity index (χ4v) is 4.44. The molecule has 7 heteroatoms. The monoisotopic (exact) mass is 337 g/mol. The molecule has 23 heavy (non-hydrogen) atoms. The SMILES string of the molecule is CN1C(C(=O)OC2CCCCC2)=C(O)c2ccccc2S1(=O)=O. The summed E-state index contributed by atoms with van der Waals surface area (Å²) in [7, 11) is -2.63. The molecule has 6 nitrogen and oxygen atoms in total. The predicted molar refractivity (Wildman–Crippen MR) is 83.9 cm³/mol. The van der Waals surface area contributed by atoms with E-state index in [0.717, 1.165) is 36.4 Å². The normalized spacial score (nSPS) is 21.0. The molecule has 1 heterocycles. The Labute approximate surface area is 135 Å². The largest absolute Gasteiger partial charge is 0.505 e. The lowest BCUT2D eigenvalue weighted by Crippen LogP contribution is -2.37. The molecule has 1 aliphatic carbocycles. The first kappa shape index (κ1) is 15.9. The highest BCUT2D eigenvalue weighted by molar-refractivity contribution is 7.89. The highest BCUT2D eigenvalue weighted by atomic mass is 32.2. The Bertz CT molecular complexity index is 762. The minimum Gasteiger partial charge on any atom is -0.505 e. The fraction of sp³-hybridized carbons (Fsp3) is 0.438. The van der Waals surface area contributed by atoms with Gasteiger partial charge in [0.05, 0.1) is 4.90 Å². The molecule has 0 amide bonds. The van der Waals surface area contributed by atoms with Crippen molar-refractivity contribution in [3.63, 3.8) is 0 Å². The van der Waals surface area contributed by atoms with Gasteiger partial charge in [-0.3, -0.25) is 4.31 Å². The Hall–Kier alpha value is -2.02. The Morgan fingerprint density at radius 2 is 1.87 bits per heavy atom. The third kappa shape index (κ3) is 2.69. The van der Waals surface area contributed by atoms with Crippen LogP contribution in [0.25, 0.3) is 5.76 Å². The van der Waals surface area contributed by atoms with E-state index in [9.17, 15) is 18.3 Å². The summed E-state index contributed by atoms with van der Waals surface area (Å²) in [6.45, 7) is 0. The zero-order valence-electron chi connectivity index (χ0n) is 12.9. The first-order valence-electron chi connectivity index (χ1n) is 7.65. The van der Waals surface area contributed by atoms with E-state index >= 15 is 0 Å². The zero-order chi connectivity index (χ0) is 16.6. The van der Waals surface area contributed by atoms with Crippen LogP contribution in [0, 0.1) is 0 Å². The van der Waals surface area contributed by atoms with Crippen molar-refractivity contribution in [2.75, 3.05) is 7.05 Å². The smallest absolute Gasteiger partial charge is 0.359 e. The van der Waals surface area contributed by atoms with Gasteiger partial charge in [0, 0.05) is 12.6 Å². The number of rotatable bonds is 2. The van der Waals surface area contributed by atoms with Crippen molar-refractivity contribution < 1.29 is 23.1 Å². The highest BCUT2D eigenvalue weighted by Crippen LogP contribution is 2.35. The van der Waals surface area contributed by atoms with Crippen LogP contribution in [0.4, 0.5) is 0 Å². The molecule has 1 aliphatic heterocycles. The molecule has 1 saturated carbocycles. The summed E-state index contributed by atoms with van der Waals surface area (Å²) in [6.07, 6.45) is 4.41. The number of fused-ring (bicyclic) bond motifs is 1. The molecule has 1 fully saturated rings. The van der Waals surface area contributed by atoms with Crippen LogP contribution in [0.1, 0.15) is 37.7 Å². The van der Waals surface area contributed by atoms with Crippen molar-refractivity contribution >= 4 is 21.8 Å². The van der Waals surface area contributed by atoms with Crippen LogP contribution in [0.15, 0.2) is 34.9 Å². The number of carbonyl (C=O) groups is 1. The average molecular weight is 337 g/mol. The second kappa shape index (κ2) is 5.88. The summed E-state index contributed by atoms with van der Waals surface area (Å²) in [6, 6.07) is 6.06. The van der Waals surface area contributed by atoms with Gasteiger partial charge in [0.25, 0.3) is 10.0 Å². The van der Waals surface area contributed by atoms with E-state index < -0.39 is 16.0 Å². The maximum absolute atomic E-state index is 12.5. The molecule has 0 unspecified atom stereocenters. The Balaban J connectivity index is 1.98. The van der Waals surface area contributed by atoms with Gasteiger partial charge in [-0.2, -0.15) is 0 Å². The van der Waals surface area contributed by atoms with E-state index in [1.165, 1.54) is 19.2 Å². The van der Waals surface area contributed by atoms with E-state index in [2.05, 4.69) is 0 Å². The Morgan fingerprint density at radius 1 is 1.22 bits per heavy atom. The third-order valence-electron chi connectivity index (χ3n) is 4.34. The van der Waals surface area contributed by atoms with Crippen LogP contribution in [-0.2, 0) is 19.6 Å². The van der Waals surface area contributed by atoms with Crippen molar-refractivity contribution in [1.82, 2.24) is 4.31 Å². The minimum absolute atomic E-state index is 0.0192. The van der Waals surface area contributed by atoms with Crippen LogP contribution in [-0.4, -0.2) is 37.0 Å². The number of aliphatic hydroxyl groups excluding tert-OH is 1. The number of ether oxygens (including phenoxy) is 1. The van der Waals surface area contributed by atoms with Crippen molar-refractivity contribution in [2.24, 2.45) is 0 Å². The number of likely N-dealkylation sites (N-methyl/N-ethyl adjacent to an activating group) is 1. The van der Waals surface area contributed by atoms with Crippen LogP contribution >= 0.6 is 0 Å². The molecular weight excluding hydrogens is 318 g/mol. The first-order valence-corrected chi connectivity index (χ1v) is 9.09. The van der Waals surface area contributed by atoms with Gasteiger partial charge in [-0.05, 0) is 37.8 Å². The Morgan fingerprint density at radius 3 is 2.57 bits per heavy atom. The molecular formula is C16H19NO5S. The number of carbonyl (C=O) groups excluding carboxylic acids is 1. The van der Waals surface area contributed by atoms with Gasteiger partial charge in [-0.15, -0.1) is 0 Å². The summed E-state index contributed by atoms with van der Waals surface area (Å²) in [5, 5.41) is 10.4. The van der Waals surface area contributed by atoms with Crippen molar-refractivity contribution in [2.45, 2.75) is 43.1 Å². The van der Waals surface area contributed by atoms with Gasteiger partial charge in [0.15, 0.2) is 11.5 Å². The standard InChI is InChI=1S/C16H19NO5S/c1-17-14(16(19)22-11-7-3-2-4-8-11)15(18)12-9-5-6-10-13(12)23(17,20)21/h5-6,9-11,18H,2-4,7-8H2,1H3. The molecule has 0 saturated heterocycles. The predicted octanol–water partition coefficient (Wildman–Crippen LogP) is 2.42. The van der Waals surface area contributed by atoms with Gasteiger partial charge in [-0.25, -0.2) is 13.2 Å². The average Bonchev–Trinajstić information content (AvgIpc) is 2.54.